The summed E-state index contributed by atoms with van der Waals surface area (Å²) in [5, 5.41) is 0. The van der Waals surface area contributed by atoms with Gasteiger partial charge in [-0.25, -0.2) is 0 Å². The average molecular weight is 352 g/mol. The van der Waals surface area contributed by atoms with Gasteiger partial charge in [0.15, 0.2) is 5.96 Å². The Labute approximate surface area is 122 Å². The topological polar surface area (TPSA) is 44.9 Å². The number of likely N-dealkylation sites (tertiary alicyclic amines) is 2. The van der Waals surface area contributed by atoms with Crippen molar-refractivity contribution < 1.29 is 0 Å². The van der Waals surface area contributed by atoms with Gasteiger partial charge < -0.3 is 15.5 Å². The molecule has 0 aromatic rings. The predicted molar refractivity (Wildman–Crippen MR) is 82.9 cm³/mol. The average Bonchev–Trinajstić information content (AvgIpc) is 2.21. The van der Waals surface area contributed by atoms with Crippen LogP contribution < -0.4 is 5.73 Å². The standard InChI is InChI=1S/C12H24N4.HI/c1-11-4-2-8-16(10-11)12(13)14-5-9-15-6-3-7-15;/h11H,2-10H2,1H3,(H2,13,14);1H. The highest BCUT2D eigenvalue weighted by Crippen LogP contribution is 2.14. The van der Waals surface area contributed by atoms with E-state index in [0.717, 1.165) is 38.1 Å². The Morgan fingerprint density at radius 1 is 1.29 bits per heavy atom. The molecule has 2 aliphatic rings. The quantitative estimate of drug-likeness (QED) is 0.474. The van der Waals surface area contributed by atoms with Crippen LogP contribution in [0.2, 0.25) is 0 Å². The van der Waals surface area contributed by atoms with Gasteiger partial charge in [-0.2, -0.15) is 0 Å². The van der Waals surface area contributed by atoms with Crippen LogP contribution in [0.15, 0.2) is 4.99 Å². The van der Waals surface area contributed by atoms with Crippen LogP contribution in [0, 0.1) is 5.92 Å². The van der Waals surface area contributed by atoms with Crippen molar-refractivity contribution in [3.8, 4) is 0 Å². The lowest BCUT2D eigenvalue weighted by Gasteiger charge is -2.32. The zero-order valence-electron chi connectivity index (χ0n) is 10.8. The summed E-state index contributed by atoms with van der Waals surface area (Å²) in [6.45, 7) is 8.88. The molecule has 0 radical (unpaired) electrons. The molecule has 0 saturated carbocycles. The van der Waals surface area contributed by atoms with Crippen LogP contribution in [0.25, 0.3) is 0 Å². The molecule has 2 aliphatic heterocycles. The van der Waals surface area contributed by atoms with E-state index in [1.165, 1.54) is 32.4 Å². The van der Waals surface area contributed by atoms with Crippen molar-refractivity contribution in [3.63, 3.8) is 0 Å². The van der Waals surface area contributed by atoms with Crippen LogP contribution in [0.4, 0.5) is 0 Å². The molecule has 1 unspecified atom stereocenters. The minimum Gasteiger partial charge on any atom is -0.370 e. The van der Waals surface area contributed by atoms with Crippen LogP contribution in [0.5, 0.6) is 0 Å². The molecule has 5 heteroatoms. The highest BCUT2D eigenvalue weighted by atomic mass is 127. The molecule has 2 heterocycles. The molecule has 2 rings (SSSR count). The van der Waals surface area contributed by atoms with Crippen molar-refractivity contribution in [1.82, 2.24) is 9.80 Å². The summed E-state index contributed by atoms with van der Waals surface area (Å²) in [5.41, 5.74) is 6.01. The Morgan fingerprint density at radius 3 is 2.65 bits per heavy atom. The van der Waals surface area contributed by atoms with Crippen LogP contribution >= 0.6 is 24.0 Å². The van der Waals surface area contributed by atoms with E-state index in [4.69, 9.17) is 5.73 Å². The molecule has 0 bridgehead atoms. The number of nitrogens with zero attached hydrogens (tertiary/aromatic N) is 3. The zero-order chi connectivity index (χ0) is 11.4. The van der Waals surface area contributed by atoms with E-state index in [9.17, 15) is 0 Å². The summed E-state index contributed by atoms with van der Waals surface area (Å²) >= 11 is 0. The first-order chi connectivity index (χ1) is 7.75. The highest BCUT2D eigenvalue weighted by Gasteiger charge is 2.17. The molecule has 4 nitrogen and oxygen atoms in total. The molecule has 2 N–H and O–H groups in total. The van der Waals surface area contributed by atoms with Crippen LogP contribution in [0.3, 0.4) is 0 Å². The first-order valence-electron chi connectivity index (χ1n) is 6.53. The molecule has 1 atom stereocenters. The Kier molecular flexibility index (Phi) is 6.54. The lowest BCUT2D eigenvalue weighted by molar-refractivity contribution is 0.187. The maximum Gasteiger partial charge on any atom is 0.191 e. The minimum atomic E-state index is 0. The Balaban J connectivity index is 0.00000144. The molecule has 2 saturated heterocycles. The van der Waals surface area contributed by atoms with Crippen LogP contribution in [-0.4, -0.2) is 55.0 Å². The van der Waals surface area contributed by atoms with Gasteiger partial charge >= 0.3 is 0 Å². The first kappa shape index (κ1) is 15.0. The summed E-state index contributed by atoms with van der Waals surface area (Å²) in [6, 6.07) is 0. The fourth-order valence-electron chi connectivity index (χ4n) is 2.41. The largest absolute Gasteiger partial charge is 0.370 e. The van der Waals surface area contributed by atoms with Crippen LogP contribution in [-0.2, 0) is 0 Å². The Morgan fingerprint density at radius 2 is 2.06 bits per heavy atom. The summed E-state index contributed by atoms with van der Waals surface area (Å²) < 4.78 is 0. The SMILES string of the molecule is CC1CCCN(C(N)=NCCN2CCC2)C1.I. The summed E-state index contributed by atoms with van der Waals surface area (Å²) in [7, 11) is 0. The predicted octanol–water partition coefficient (Wildman–Crippen LogP) is 1.36. The number of hydrogen-bond acceptors (Lipinski definition) is 2. The van der Waals surface area contributed by atoms with Gasteiger partial charge in [-0.3, -0.25) is 4.99 Å². The Bertz CT molecular complexity index is 253. The molecular weight excluding hydrogens is 327 g/mol. The maximum absolute atomic E-state index is 6.01. The van der Waals surface area contributed by atoms with E-state index in [-0.39, 0.29) is 24.0 Å². The van der Waals surface area contributed by atoms with Gasteiger partial charge in [0, 0.05) is 19.6 Å². The van der Waals surface area contributed by atoms with Gasteiger partial charge in [-0.15, -0.1) is 24.0 Å². The van der Waals surface area contributed by atoms with E-state index in [0.29, 0.717) is 0 Å². The number of rotatable bonds is 3. The van der Waals surface area contributed by atoms with Crippen LogP contribution in [0.1, 0.15) is 26.2 Å². The molecule has 0 aromatic heterocycles. The molecule has 100 valence electrons. The van der Waals surface area contributed by atoms with Crippen molar-refractivity contribution in [2.75, 3.05) is 39.3 Å². The second kappa shape index (κ2) is 7.41. The van der Waals surface area contributed by atoms with Crippen molar-refractivity contribution in [2.24, 2.45) is 16.6 Å². The third kappa shape index (κ3) is 4.62. The maximum atomic E-state index is 6.01. The van der Waals surface area contributed by atoms with Gasteiger partial charge in [0.2, 0.25) is 0 Å². The second-order valence-electron chi connectivity index (χ2n) is 5.13. The normalized spacial score (nSPS) is 26.3. The van der Waals surface area contributed by atoms with E-state index >= 15 is 0 Å². The first-order valence-corrected chi connectivity index (χ1v) is 6.53. The van der Waals surface area contributed by atoms with Gasteiger partial charge in [0.25, 0.3) is 0 Å². The minimum absolute atomic E-state index is 0. The number of piperidine rings is 1. The third-order valence-electron chi connectivity index (χ3n) is 3.62. The number of guanidine groups is 1. The molecular formula is C12H25IN4. The number of nitrogens with two attached hydrogens (primary N) is 1. The van der Waals surface area contributed by atoms with Crippen molar-refractivity contribution in [2.45, 2.75) is 26.2 Å². The number of halogens is 1. The van der Waals surface area contributed by atoms with Gasteiger partial charge in [-0.1, -0.05) is 6.92 Å². The lowest BCUT2D eigenvalue weighted by atomic mass is 10.0. The number of aliphatic imine (C=N–C) groups is 1. The molecule has 17 heavy (non-hydrogen) atoms. The van der Waals surface area contributed by atoms with Gasteiger partial charge in [-0.05, 0) is 38.3 Å². The van der Waals surface area contributed by atoms with Crippen molar-refractivity contribution in [3.05, 3.63) is 0 Å². The van der Waals surface area contributed by atoms with E-state index in [2.05, 4.69) is 21.7 Å². The Hall–Kier alpha value is -0.0400. The zero-order valence-corrected chi connectivity index (χ0v) is 13.1. The van der Waals surface area contributed by atoms with E-state index < -0.39 is 0 Å². The molecule has 0 spiro atoms. The van der Waals surface area contributed by atoms with Gasteiger partial charge in [0.05, 0.1) is 6.54 Å². The lowest BCUT2D eigenvalue weighted by Crippen LogP contribution is -2.44. The molecule has 0 aromatic carbocycles. The van der Waals surface area contributed by atoms with Gasteiger partial charge in [0.1, 0.15) is 0 Å². The molecule has 2 fully saturated rings. The van der Waals surface area contributed by atoms with E-state index in [1.807, 2.05) is 0 Å². The van der Waals surface area contributed by atoms with Crippen molar-refractivity contribution in [1.29, 1.82) is 0 Å². The smallest absolute Gasteiger partial charge is 0.191 e. The second-order valence-corrected chi connectivity index (χ2v) is 5.13. The fourth-order valence-corrected chi connectivity index (χ4v) is 2.41. The fraction of sp³-hybridized carbons (Fsp3) is 0.917. The molecule has 0 aliphatic carbocycles. The monoisotopic (exact) mass is 352 g/mol. The summed E-state index contributed by atoms with van der Waals surface area (Å²) in [5.74, 6) is 1.52. The third-order valence-corrected chi connectivity index (χ3v) is 3.62. The summed E-state index contributed by atoms with van der Waals surface area (Å²) in [4.78, 5) is 9.15. The van der Waals surface area contributed by atoms with E-state index in [1.54, 1.807) is 0 Å². The molecule has 0 amide bonds. The highest BCUT2D eigenvalue weighted by molar-refractivity contribution is 14.0. The number of hydrogen-bond donors (Lipinski definition) is 1. The summed E-state index contributed by atoms with van der Waals surface area (Å²) in [6.07, 6.45) is 3.93. The van der Waals surface area contributed by atoms with Crippen molar-refractivity contribution >= 4 is 29.9 Å².